The molecule has 5 nitrogen and oxygen atoms in total. The van der Waals surface area contributed by atoms with Crippen molar-refractivity contribution in [3.63, 3.8) is 0 Å². The molecule has 0 saturated carbocycles. The Labute approximate surface area is 140 Å². The molecule has 2 aliphatic heterocycles. The van der Waals surface area contributed by atoms with Gasteiger partial charge in [0.25, 0.3) is 0 Å². The minimum absolute atomic E-state index is 0. The average molecular weight is 332 g/mol. The molecule has 0 aromatic rings. The minimum atomic E-state index is -0.383. The van der Waals surface area contributed by atoms with Crippen LogP contribution in [0.2, 0.25) is 0 Å². The van der Waals surface area contributed by atoms with Crippen LogP contribution in [-0.4, -0.2) is 47.9 Å². The Hall–Kier alpha value is -0.810. The van der Waals surface area contributed by atoms with Gasteiger partial charge < -0.3 is 15.5 Å². The van der Waals surface area contributed by atoms with Gasteiger partial charge in [-0.2, -0.15) is 0 Å². The van der Waals surface area contributed by atoms with E-state index in [1.165, 1.54) is 0 Å². The average Bonchev–Trinajstić information content (AvgIpc) is 2.48. The van der Waals surface area contributed by atoms with Gasteiger partial charge in [0, 0.05) is 25.0 Å². The summed E-state index contributed by atoms with van der Waals surface area (Å²) in [7, 11) is 0. The molecule has 2 aliphatic rings. The van der Waals surface area contributed by atoms with Crippen molar-refractivity contribution >= 4 is 24.2 Å². The molecule has 0 aromatic heterocycles. The molecule has 2 saturated heterocycles. The zero-order valence-electron chi connectivity index (χ0n) is 14.0. The predicted octanol–water partition coefficient (Wildman–Crippen LogP) is 1.70. The van der Waals surface area contributed by atoms with Crippen molar-refractivity contribution in [2.75, 3.05) is 19.6 Å². The second kappa shape index (κ2) is 8.16. The van der Waals surface area contributed by atoms with Gasteiger partial charge in [0.1, 0.15) is 0 Å². The summed E-state index contributed by atoms with van der Waals surface area (Å²) >= 11 is 0. The number of hydrogen-bond donors (Lipinski definition) is 2. The van der Waals surface area contributed by atoms with E-state index >= 15 is 0 Å². The fourth-order valence-electron chi connectivity index (χ4n) is 3.18. The van der Waals surface area contributed by atoms with Gasteiger partial charge in [-0.05, 0) is 45.6 Å². The molecule has 2 fully saturated rings. The van der Waals surface area contributed by atoms with Gasteiger partial charge in [-0.3, -0.25) is 9.59 Å². The summed E-state index contributed by atoms with van der Waals surface area (Å²) in [6.07, 6.45) is 4.93. The van der Waals surface area contributed by atoms with Crippen LogP contribution in [0.4, 0.5) is 0 Å². The first-order valence-corrected chi connectivity index (χ1v) is 8.27. The second-order valence-electron chi connectivity index (χ2n) is 6.95. The standard InChI is InChI=1S/C16H29N3O2.ClH/c1-12(2)14(20)18-13-6-10-19(11-7-13)15(21)16(3)8-4-5-9-17-16;/h12-13,17H,4-11H2,1-3H3,(H,18,20);1H. The van der Waals surface area contributed by atoms with Crippen molar-refractivity contribution < 1.29 is 9.59 Å². The highest BCUT2D eigenvalue weighted by Crippen LogP contribution is 2.23. The van der Waals surface area contributed by atoms with Crippen LogP contribution in [0.3, 0.4) is 0 Å². The molecule has 2 amide bonds. The van der Waals surface area contributed by atoms with Crippen molar-refractivity contribution in [1.29, 1.82) is 0 Å². The van der Waals surface area contributed by atoms with Gasteiger partial charge in [-0.15, -0.1) is 12.4 Å². The lowest BCUT2D eigenvalue weighted by Crippen LogP contribution is -2.60. The van der Waals surface area contributed by atoms with Crippen LogP contribution in [0.15, 0.2) is 0 Å². The maximum atomic E-state index is 12.7. The fraction of sp³-hybridized carbons (Fsp3) is 0.875. The van der Waals surface area contributed by atoms with Crippen LogP contribution in [-0.2, 0) is 9.59 Å². The second-order valence-corrected chi connectivity index (χ2v) is 6.95. The van der Waals surface area contributed by atoms with E-state index in [2.05, 4.69) is 10.6 Å². The Kier molecular flexibility index (Phi) is 7.13. The number of likely N-dealkylation sites (tertiary alicyclic amines) is 1. The molecule has 0 aromatic carbocycles. The van der Waals surface area contributed by atoms with Crippen LogP contribution in [0.25, 0.3) is 0 Å². The van der Waals surface area contributed by atoms with E-state index in [0.717, 1.165) is 51.7 Å². The van der Waals surface area contributed by atoms with Gasteiger partial charge in [-0.1, -0.05) is 13.8 Å². The number of piperidine rings is 2. The molecule has 0 radical (unpaired) electrons. The molecule has 2 N–H and O–H groups in total. The highest BCUT2D eigenvalue weighted by Gasteiger charge is 2.38. The van der Waals surface area contributed by atoms with Crippen LogP contribution >= 0.6 is 12.4 Å². The highest BCUT2D eigenvalue weighted by atomic mass is 35.5. The third-order valence-electron chi connectivity index (χ3n) is 4.74. The number of carbonyl (C=O) groups is 2. The van der Waals surface area contributed by atoms with Crippen molar-refractivity contribution in [1.82, 2.24) is 15.5 Å². The first-order chi connectivity index (χ1) is 9.92. The van der Waals surface area contributed by atoms with E-state index in [-0.39, 0.29) is 41.7 Å². The molecule has 0 spiro atoms. The topological polar surface area (TPSA) is 61.4 Å². The van der Waals surface area contributed by atoms with Crippen molar-refractivity contribution in [3.8, 4) is 0 Å². The number of amides is 2. The van der Waals surface area contributed by atoms with Crippen molar-refractivity contribution in [2.45, 2.75) is 64.5 Å². The molecule has 2 rings (SSSR count). The largest absolute Gasteiger partial charge is 0.353 e. The number of carbonyl (C=O) groups excluding carboxylic acids is 2. The van der Waals surface area contributed by atoms with E-state index in [9.17, 15) is 9.59 Å². The Bertz CT molecular complexity index is 387. The first kappa shape index (κ1) is 19.2. The van der Waals surface area contributed by atoms with Crippen LogP contribution in [0.5, 0.6) is 0 Å². The monoisotopic (exact) mass is 331 g/mol. The zero-order chi connectivity index (χ0) is 15.5. The molecular formula is C16H30ClN3O2. The van der Waals surface area contributed by atoms with Crippen molar-refractivity contribution in [3.05, 3.63) is 0 Å². The van der Waals surface area contributed by atoms with Gasteiger partial charge >= 0.3 is 0 Å². The van der Waals surface area contributed by atoms with E-state index in [4.69, 9.17) is 0 Å². The SMILES string of the molecule is CC(C)C(=O)NC1CCN(C(=O)C2(C)CCCCN2)CC1.Cl. The summed E-state index contributed by atoms with van der Waals surface area (Å²) < 4.78 is 0. The fourth-order valence-corrected chi connectivity index (χ4v) is 3.18. The van der Waals surface area contributed by atoms with Crippen LogP contribution in [0, 0.1) is 5.92 Å². The zero-order valence-corrected chi connectivity index (χ0v) is 14.8. The number of halogens is 1. The van der Waals surface area contributed by atoms with Gasteiger partial charge in [0.05, 0.1) is 5.54 Å². The number of nitrogens with one attached hydrogen (secondary N) is 2. The van der Waals surface area contributed by atoms with Gasteiger partial charge in [0.15, 0.2) is 0 Å². The highest BCUT2D eigenvalue weighted by molar-refractivity contribution is 5.86. The lowest BCUT2D eigenvalue weighted by Gasteiger charge is -2.41. The summed E-state index contributed by atoms with van der Waals surface area (Å²) in [4.78, 5) is 26.4. The van der Waals surface area contributed by atoms with Crippen LogP contribution < -0.4 is 10.6 Å². The summed E-state index contributed by atoms with van der Waals surface area (Å²) in [5.41, 5.74) is -0.383. The Morgan fingerprint density at radius 2 is 1.86 bits per heavy atom. The van der Waals surface area contributed by atoms with Crippen LogP contribution in [0.1, 0.15) is 52.9 Å². The molecule has 1 unspecified atom stereocenters. The van der Waals surface area contributed by atoms with E-state index < -0.39 is 0 Å². The third kappa shape index (κ3) is 4.59. The smallest absolute Gasteiger partial charge is 0.242 e. The maximum absolute atomic E-state index is 12.7. The van der Waals surface area contributed by atoms with Crippen molar-refractivity contribution in [2.24, 2.45) is 5.92 Å². The Morgan fingerprint density at radius 3 is 2.36 bits per heavy atom. The molecule has 6 heteroatoms. The lowest BCUT2D eigenvalue weighted by molar-refractivity contribution is -0.140. The minimum Gasteiger partial charge on any atom is -0.353 e. The third-order valence-corrected chi connectivity index (χ3v) is 4.74. The lowest BCUT2D eigenvalue weighted by atomic mass is 9.88. The number of rotatable bonds is 3. The van der Waals surface area contributed by atoms with Gasteiger partial charge in [-0.25, -0.2) is 0 Å². The Balaban J connectivity index is 0.00000242. The Morgan fingerprint density at radius 1 is 1.23 bits per heavy atom. The quantitative estimate of drug-likeness (QED) is 0.827. The molecule has 22 heavy (non-hydrogen) atoms. The summed E-state index contributed by atoms with van der Waals surface area (Å²) in [5, 5.41) is 6.46. The number of nitrogens with zero attached hydrogens (tertiary/aromatic N) is 1. The van der Waals surface area contributed by atoms with E-state index in [1.807, 2.05) is 25.7 Å². The first-order valence-electron chi connectivity index (χ1n) is 8.27. The molecule has 128 valence electrons. The summed E-state index contributed by atoms with van der Waals surface area (Å²) in [5.74, 6) is 0.367. The molecule has 1 atom stereocenters. The van der Waals surface area contributed by atoms with E-state index in [1.54, 1.807) is 0 Å². The molecular weight excluding hydrogens is 302 g/mol. The van der Waals surface area contributed by atoms with E-state index in [0.29, 0.717) is 0 Å². The number of hydrogen-bond acceptors (Lipinski definition) is 3. The molecule has 0 bridgehead atoms. The normalized spacial score (nSPS) is 26.5. The maximum Gasteiger partial charge on any atom is 0.242 e. The predicted molar refractivity (Wildman–Crippen MR) is 90.1 cm³/mol. The van der Waals surface area contributed by atoms with Gasteiger partial charge in [0.2, 0.25) is 11.8 Å². The summed E-state index contributed by atoms with van der Waals surface area (Å²) in [6, 6.07) is 0.219. The summed E-state index contributed by atoms with van der Waals surface area (Å²) in [6.45, 7) is 8.27. The molecule has 0 aliphatic carbocycles. The molecule has 2 heterocycles.